The molecule has 0 aliphatic rings. The fourth-order valence-electron chi connectivity index (χ4n) is 1.49. The average Bonchev–Trinajstić information content (AvgIpc) is 2.75. The van der Waals surface area contributed by atoms with E-state index in [1.807, 2.05) is 0 Å². The highest BCUT2D eigenvalue weighted by atomic mass is 19.1. The van der Waals surface area contributed by atoms with E-state index in [1.165, 1.54) is 25.3 Å². The molecule has 0 saturated heterocycles. The molecule has 0 aliphatic heterocycles. The Labute approximate surface area is 91.1 Å². The molecule has 1 heterocycles. The molecular formula is C12H10F2O2. The minimum atomic E-state index is -1.21. The fourth-order valence-corrected chi connectivity index (χ4v) is 1.49. The molecule has 16 heavy (non-hydrogen) atoms. The number of halogens is 2. The second kappa shape index (κ2) is 4.06. The zero-order valence-electron chi connectivity index (χ0n) is 8.58. The van der Waals surface area contributed by atoms with E-state index in [9.17, 15) is 13.9 Å². The minimum Gasteiger partial charge on any atom is -0.466 e. The highest BCUT2D eigenvalue weighted by Gasteiger charge is 2.18. The highest BCUT2D eigenvalue weighted by Crippen LogP contribution is 2.26. The van der Waals surface area contributed by atoms with Gasteiger partial charge in [0.15, 0.2) is 0 Å². The summed E-state index contributed by atoms with van der Waals surface area (Å²) in [5.74, 6) is -1.19. The smallest absolute Gasteiger partial charge is 0.139 e. The summed E-state index contributed by atoms with van der Waals surface area (Å²) in [6.07, 6.45) is 0.168. The summed E-state index contributed by atoms with van der Waals surface area (Å²) in [4.78, 5) is 0. The lowest BCUT2D eigenvalue weighted by Gasteiger charge is -2.10. The third kappa shape index (κ3) is 1.84. The summed E-state index contributed by atoms with van der Waals surface area (Å²) in [5, 5.41) is 9.82. The fraction of sp³-hybridized carbons (Fsp3) is 0.167. The minimum absolute atomic E-state index is 0.00819. The molecule has 2 nitrogen and oxygen atoms in total. The van der Waals surface area contributed by atoms with Crippen LogP contribution in [0.4, 0.5) is 8.78 Å². The third-order valence-corrected chi connectivity index (χ3v) is 2.39. The van der Waals surface area contributed by atoms with Crippen LogP contribution in [0.1, 0.15) is 23.0 Å². The topological polar surface area (TPSA) is 33.4 Å². The van der Waals surface area contributed by atoms with Crippen LogP contribution < -0.4 is 0 Å². The van der Waals surface area contributed by atoms with Gasteiger partial charge < -0.3 is 9.52 Å². The quantitative estimate of drug-likeness (QED) is 0.850. The number of aliphatic hydroxyl groups excluding tert-OH is 1. The second-order valence-electron chi connectivity index (χ2n) is 3.54. The van der Waals surface area contributed by atoms with E-state index in [1.54, 1.807) is 6.07 Å². The number of rotatable bonds is 2. The predicted molar refractivity (Wildman–Crippen MR) is 53.9 cm³/mol. The summed E-state index contributed by atoms with van der Waals surface area (Å²) >= 11 is 0. The van der Waals surface area contributed by atoms with Crippen molar-refractivity contribution < 1.29 is 18.3 Å². The number of aryl methyl sites for hydroxylation is 1. The van der Waals surface area contributed by atoms with Gasteiger partial charge in [-0.1, -0.05) is 0 Å². The molecule has 1 atom stereocenters. The van der Waals surface area contributed by atoms with Gasteiger partial charge in [-0.05, 0) is 30.7 Å². The number of aliphatic hydroxyl groups is 1. The molecule has 1 aromatic heterocycles. The van der Waals surface area contributed by atoms with Crippen LogP contribution in [0.25, 0.3) is 0 Å². The molecule has 4 heteroatoms. The molecule has 0 radical (unpaired) electrons. The first kappa shape index (κ1) is 10.8. The van der Waals surface area contributed by atoms with Crippen LogP contribution in [0.2, 0.25) is 0 Å². The second-order valence-corrected chi connectivity index (χ2v) is 3.54. The van der Waals surface area contributed by atoms with Gasteiger partial charge in [0.25, 0.3) is 0 Å². The first-order chi connectivity index (χ1) is 7.59. The molecule has 84 valence electrons. The molecule has 0 saturated carbocycles. The molecule has 1 N–H and O–H groups in total. The highest BCUT2D eigenvalue weighted by molar-refractivity contribution is 5.31. The monoisotopic (exact) mass is 224 g/mol. The Bertz CT molecular complexity index is 492. The number of benzene rings is 1. The maximum atomic E-state index is 13.4. The van der Waals surface area contributed by atoms with Gasteiger partial charge in [-0.25, -0.2) is 8.78 Å². The van der Waals surface area contributed by atoms with Crippen LogP contribution >= 0.6 is 0 Å². The van der Waals surface area contributed by atoms with Gasteiger partial charge in [0.2, 0.25) is 0 Å². The largest absolute Gasteiger partial charge is 0.466 e. The molecule has 0 bridgehead atoms. The Morgan fingerprint density at radius 1 is 1.25 bits per heavy atom. The summed E-state index contributed by atoms with van der Waals surface area (Å²) in [5.41, 5.74) is 0.288. The molecule has 2 rings (SSSR count). The van der Waals surface area contributed by atoms with Crippen molar-refractivity contribution in [2.45, 2.75) is 13.0 Å². The van der Waals surface area contributed by atoms with Crippen LogP contribution in [0, 0.1) is 18.6 Å². The SMILES string of the molecule is Cc1cc(C(O)c2ccco2)c(F)cc1F. The Morgan fingerprint density at radius 3 is 2.62 bits per heavy atom. The summed E-state index contributed by atoms with van der Waals surface area (Å²) in [6.45, 7) is 1.51. The van der Waals surface area contributed by atoms with Crippen molar-refractivity contribution >= 4 is 0 Å². The normalized spacial score (nSPS) is 12.8. The Balaban J connectivity index is 2.44. The van der Waals surface area contributed by atoms with Crippen LogP contribution in [0.15, 0.2) is 34.9 Å². The van der Waals surface area contributed by atoms with E-state index in [0.717, 1.165) is 6.07 Å². The molecule has 0 aliphatic carbocycles. The maximum absolute atomic E-state index is 13.4. The van der Waals surface area contributed by atoms with Gasteiger partial charge in [-0.3, -0.25) is 0 Å². The van der Waals surface area contributed by atoms with Crippen molar-refractivity contribution in [2.24, 2.45) is 0 Å². The number of hydrogen-bond acceptors (Lipinski definition) is 2. The van der Waals surface area contributed by atoms with E-state index in [0.29, 0.717) is 0 Å². The van der Waals surface area contributed by atoms with Crippen molar-refractivity contribution in [2.75, 3.05) is 0 Å². The van der Waals surface area contributed by atoms with Crippen molar-refractivity contribution in [3.05, 3.63) is 59.1 Å². The lowest BCUT2D eigenvalue weighted by Crippen LogP contribution is -2.03. The zero-order valence-corrected chi connectivity index (χ0v) is 8.58. The lowest BCUT2D eigenvalue weighted by atomic mass is 10.0. The van der Waals surface area contributed by atoms with E-state index >= 15 is 0 Å². The van der Waals surface area contributed by atoms with Crippen LogP contribution in [0.5, 0.6) is 0 Å². The summed E-state index contributed by atoms with van der Waals surface area (Å²) < 4.78 is 31.4. The van der Waals surface area contributed by atoms with Crippen molar-refractivity contribution in [3.8, 4) is 0 Å². The maximum Gasteiger partial charge on any atom is 0.139 e. The van der Waals surface area contributed by atoms with Gasteiger partial charge in [-0.15, -0.1) is 0 Å². The molecule has 0 fully saturated rings. The van der Waals surface area contributed by atoms with Crippen molar-refractivity contribution in [1.82, 2.24) is 0 Å². The Hall–Kier alpha value is -1.68. The van der Waals surface area contributed by atoms with E-state index in [2.05, 4.69) is 0 Å². The molecular weight excluding hydrogens is 214 g/mol. The van der Waals surface area contributed by atoms with Crippen molar-refractivity contribution in [3.63, 3.8) is 0 Å². The molecule has 1 aromatic carbocycles. The van der Waals surface area contributed by atoms with E-state index in [-0.39, 0.29) is 16.9 Å². The van der Waals surface area contributed by atoms with Crippen LogP contribution in [0.3, 0.4) is 0 Å². The predicted octanol–water partition coefficient (Wildman–Crippen LogP) is 2.95. The first-order valence-electron chi connectivity index (χ1n) is 4.76. The Kier molecular flexibility index (Phi) is 2.75. The van der Waals surface area contributed by atoms with Crippen LogP contribution in [-0.2, 0) is 0 Å². The van der Waals surface area contributed by atoms with Crippen molar-refractivity contribution in [1.29, 1.82) is 0 Å². The van der Waals surface area contributed by atoms with Gasteiger partial charge in [0, 0.05) is 11.6 Å². The average molecular weight is 224 g/mol. The molecule has 1 unspecified atom stereocenters. The summed E-state index contributed by atoms with van der Waals surface area (Å²) in [6, 6.07) is 5.16. The number of furan rings is 1. The van der Waals surface area contributed by atoms with E-state index < -0.39 is 17.7 Å². The lowest BCUT2D eigenvalue weighted by molar-refractivity contribution is 0.184. The van der Waals surface area contributed by atoms with E-state index in [4.69, 9.17) is 4.42 Å². The van der Waals surface area contributed by atoms with Gasteiger partial charge >= 0.3 is 0 Å². The summed E-state index contributed by atoms with van der Waals surface area (Å²) in [7, 11) is 0. The molecule has 0 spiro atoms. The van der Waals surface area contributed by atoms with Gasteiger partial charge in [-0.2, -0.15) is 0 Å². The van der Waals surface area contributed by atoms with Gasteiger partial charge in [0.05, 0.1) is 6.26 Å². The van der Waals surface area contributed by atoms with Crippen LogP contribution in [-0.4, -0.2) is 5.11 Å². The molecule has 0 amide bonds. The number of hydrogen-bond donors (Lipinski definition) is 1. The Morgan fingerprint density at radius 2 is 2.00 bits per heavy atom. The van der Waals surface area contributed by atoms with Gasteiger partial charge in [0.1, 0.15) is 23.5 Å². The third-order valence-electron chi connectivity index (χ3n) is 2.39. The molecule has 2 aromatic rings. The zero-order chi connectivity index (χ0) is 11.7. The standard InChI is InChI=1S/C12H10F2O2/c1-7-5-8(10(14)6-9(7)13)12(15)11-3-2-4-16-11/h2-6,12,15H,1H3. The first-order valence-corrected chi connectivity index (χ1v) is 4.76.